The van der Waals surface area contributed by atoms with Crippen molar-refractivity contribution in [1.82, 2.24) is 4.72 Å². The Labute approximate surface area is 123 Å². The van der Waals surface area contributed by atoms with Crippen LogP contribution in [-0.4, -0.2) is 43.5 Å². The number of sulfonamides is 1. The summed E-state index contributed by atoms with van der Waals surface area (Å²) < 4.78 is 27.0. The SMILES string of the molecule is CSC(CO)C(C)NS(=O)(=O)c1cccc(C(C)=O)c1. The van der Waals surface area contributed by atoms with Crippen molar-refractivity contribution in [3.8, 4) is 0 Å². The van der Waals surface area contributed by atoms with Gasteiger partial charge in [-0.1, -0.05) is 12.1 Å². The van der Waals surface area contributed by atoms with Crippen LogP contribution < -0.4 is 4.72 Å². The molecule has 0 fully saturated rings. The van der Waals surface area contributed by atoms with E-state index in [0.717, 1.165) is 0 Å². The minimum atomic E-state index is -3.71. The summed E-state index contributed by atoms with van der Waals surface area (Å²) >= 11 is 1.39. The molecule has 0 bridgehead atoms. The van der Waals surface area contributed by atoms with Crippen molar-refractivity contribution in [1.29, 1.82) is 0 Å². The second-order valence-corrected chi connectivity index (χ2v) is 7.24. The fourth-order valence-electron chi connectivity index (χ4n) is 1.71. The molecule has 5 nitrogen and oxygen atoms in total. The first-order valence-corrected chi connectivity index (χ1v) is 8.86. The average Bonchev–Trinajstić information content (AvgIpc) is 2.39. The maximum Gasteiger partial charge on any atom is 0.240 e. The van der Waals surface area contributed by atoms with Crippen molar-refractivity contribution < 1.29 is 18.3 Å². The highest BCUT2D eigenvalue weighted by Crippen LogP contribution is 2.16. The molecular formula is C13H19NO4S2. The van der Waals surface area contributed by atoms with E-state index in [1.807, 2.05) is 6.26 Å². The highest BCUT2D eigenvalue weighted by molar-refractivity contribution is 7.99. The molecule has 0 aliphatic carbocycles. The van der Waals surface area contributed by atoms with Crippen molar-refractivity contribution in [2.24, 2.45) is 0 Å². The van der Waals surface area contributed by atoms with E-state index in [9.17, 15) is 18.3 Å². The molecule has 0 radical (unpaired) electrons. The van der Waals surface area contributed by atoms with Crippen LogP contribution in [-0.2, 0) is 10.0 Å². The number of ketones is 1. The van der Waals surface area contributed by atoms with Gasteiger partial charge in [0.25, 0.3) is 0 Å². The third-order valence-electron chi connectivity index (χ3n) is 2.93. The Hall–Kier alpha value is -0.890. The van der Waals surface area contributed by atoms with Gasteiger partial charge in [-0.3, -0.25) is 4.79 Å². The van der Waals surface area contributed by atoms with E-state index in [0.29, 0.717) is 5.56 Å². The highest BCUT2D eigenvalue weighted by atomic mass is 32.2. The minimum absolute atomic E-state index is 0.0508. The summed E-state index contributed by atoms with van der Waals surface area (Å²) in [5, 5.41) is 8.96. The van der Waals surface area contributed by atoms with Gasteiger partial charge in [-0.05, 0) is 32.2 Å². The number of benzene rings is 1. The Morgan fingerprint density at radius 3 is 2.60 bits per heavy atom. The normalized spacial score (nSPS) is 14.8. The van der Waals surface area contributed by atoms with Crippen LogP contribution in [0.25, 0.3) is 0 Å². The molecule has 1 aromatic rings. The number of carbonyl (C=O) groups excluding carboxylic acids is 1. The third kappa shape index (κ3) is 4.31. The second-order valence-electron chi connectivity index (χ2n) is 4.45. The van der Waals surface area contributed by atoms with Crippen LogP contribution in [0.2, 0.25) is 0 Å². The Balaban J connectivity index is 2.99. The van der Waals surface area contributed by atoms with Gasteiger partial charge in [0.1, 0.15) is 0 Å². The summed E-state index contributed by atoms with van der Waals surface area (Å²) in [5.41, 5.74) is 0.351. The first kappa shape index (κ1) is 17.2. The second kappa shape index (κ2) is 7.21. The Morgan fingerprint density at radius 1 is 1.45 bits per heavy atom. The summed E-state index contributed by atoms with van der Waals surface area (Å²) in [4.78, 5) is 11.3. The van der Waals surface area contributed by atoms with E-state index in [2.05, 4.69) is 4.72 Å². The maximum atomic E-state index is 12.2. The number of Topliss-reactive ketones (excluding diaryl/α,β-unsaturated/α-hetero) is 1. The van der Waals surface area contributed by atoms with Gasteiger partial charge >= 0.3 is 0 Å². The van der Waals surface area contributed by atoms with Gasteiger partial charge in [0.15, 0.2) is 5.78 Å². The zero-order valence-corrected chi connectivity index (χ0v) is 13.3. The van der Waals surface area contributed by atoms with Gasteiger partial charge in [-0.2, -0.15) is 11.8 Å². The molecule has 7 heteroatoms. The van der Waals surface area contributed by atoms with Crippen LogP contribution >= 0.6 is 11.8 Å². The Morgan fingerprint density at radius 2 is 2.10 bits per heavy atom. The lowest BCUT2D eigenvalue weighted by Crippen LogP contribution is -2.41. The smallest absolute Gasteiger partial charge is 0.240 e. The molecule has 0 aromatic heterocycles. The van der Waals surface area contributed by atoms with Crippen molar-refractivity contribution in [2.45, 2.75) is 30.0 Å². The summed E-state index contributed by atoms with van der Waals surface area (Å²) in [6.45, 7) is 2.97. The molecule has 0 saturated heterocycles. The predicted molar refractivity (Wildman–Crippen MR) is 80.6 cm³/mol. The number of thioether (sulfide) groups is 1. The molecule has 112 valence electrons. The standard InChI is InChI=1S/C13H19NO4S2/c1-9(13(8-15)19-3)14-20(17,18)12-6-4-5-11(7-12)10(2)16/h4-7,9,13-15H,8H2,1-3H3. The number of aliphatic hydroxyl groups excluding tert-OH is 1. The van der Waals surface area contributed by atoms with E-state index in [-0.39, 0.29) is 22.5 Å². The van der Waals surface area contributed by atoms with E-state index in [1.54, 1.807) is 13.0 Å². The zero-order chi connectivity index (χ0) is 15.3. The first-order chi connectivity index (χ1) is 9.31. The summed E-state index contributed by atoms with van der Waals surface area (Å²) in [5.74, 6) is -0.188. The third-order valence-corrected chi connectivity index (χ3v) is 5.65. The average molecular weight is 317 g/mol. The van der Waals surface area contributed by atoms with Crippen molar-refractivity contribution in [3.63, 3.8) is 0 Å². The van der Waals surface area contributed by atoms with Gasteiger partial charge in [0.2, 0.25) is 10.0 Å². The lowest BCUT2D eigenvalue weighted by molar-refractivity contribution is 0.101. The minimum Gasteiger partial charge on any atom is -0.395 e. The molecule has 2 unspecified atom stereocenters. The topological polar surface area (TPSA) is 83.5 Å². The molecule has 0 heterocycles. The van der Waals surface area contributed by atoms with Crippen LogP contribution in [0.15, 0.2) is 29.2 Å². The van der Waals surface area contributed by atoms with Gasteiger partial charge in [0, 0.05) is 16.9 Å². The largest absolute Gasteiger partial charge is 0.395 e. The summed E-state index contributed by atoms with van der Waals surface area (Å²) in [6.07, 6.45) is 1.81. The molecule has 20 heavy (non-hydrogen) atoms. The lowest BCUT2D eigenvalue weighted by atomic mass is 10.2. The molecule has 0 aliphatic rings. The van der Waals surface area contributed by atoms with Crippen LogP contribution in [0.5, 0.6) is 0 Å². The van der Waals surface area contributed by atoms with E-state index in [1.165, 1.54) is 36.9 Å². The van der Waals surface area contributed by atoms with Gasteiger partial charge in [-0.15, -0.1) is 0 Å². The van der Waals surface area contributed by atoms with Gasteiger partial charge < -0.3 is 5.11 Å². The number of hydrogen-bond donors (Lipinski definition) is 2. The monoisotopic (exact) mass is 317 g/mol. The molecule has 2 N–H and O–H groups in total. The highest BCUT2D eigenvalue weighted by Gasteiger charge is 2.23. The van der Waals surface area contributed by atoms with Crippen molar-refractivity contribution in [3.05, 3.63) is 29.8 Å². The molecule has 0 spiro atoms. The van der Waals surface area contributed by atoms with E-state index >= 15 is 0 Å². The van der Waals surface area contributed by atoms with Crippen LogP contribution in [0, 0.1) is 0 Å². The lowest BCUT2D eigenvalue weighted by Gasteiger charge is -2.21. The Kier molecular flexibility index (Phi) is 6.19. The fraction of sp³-hybridized carbons (Fsp3) is 0.462. The summed E-state index contributed by atoms with van der Waals surface area (Å²) in [6, 6.07) is 5.48. The molecule has 1 rings (SSSR count). The number of rotatable bonds is 7. The van der Waals surface area contributed by atoms with Gasteiger partial charge in [-0.25, -0.2) is 13.1 Å². The predicted octanol–water partition coefficient (Wildman–Crippen LogP) is 1.28. The quantitative estimate of drug-likeness (QED) is 0.740. The van der Waals surface area contributed by atoms with Gasteiger partial charge in [0.05, 0.1) is 11.5 Å². The number of nitrogens with one attached hydrogen (secondary N) is 1. The fourth-order valence-corrected chi connectivity index (χ4v) is 3.75. The zero-order valence-electron chi connectivity index (χ0n) is 11.7. The van der Waals surface area contributed by atoms with Crippen molar-refractivity contribution in [2.75, 3.05) is 12.9 Å². The van der Waals surface area contributed by atoms with Crippen LogP contribution in [0.4, 0.5) is 0 Å². The number of carbonyl (C=O) groups is 1. The molecule has 0 aliphatic heterocycles. The van der Waals surface area contributed by atoms with E-state index < -0.39 is 16.1 Å². The Bertz CT molecular complexity index is 567. The summed E-state index contributed by atoms with van der Waals surface area (Å²) in [7, 11) is -3.71. The number of hydrogen-bond acceptors (Lipinski definition) is 5. The van der Waals surface area contributed by atoms with Crippen LogP contribution in [0.3, 0.4) is 0 Å². The first-order valence-electron chi connectivity index (χ1n) is 6.08. The van der Waals surface area contributed by atoms with Crippen molar-refractivity contribution >= 4 is 27.6 Å². The molecule has 0 saturated carbocycles. The molecule has 0 amide bonds. The number of aliphatic hydroxyl groups is 1. The molecular weight excluding hydrogens is 298 g/mol. The van der Waals surface area contributed by atoms with Crippen LogP contribution in [0.1, 0.15) is 24.2 Å². The van der Waals surface area contributed by atoms with E-state index in [4.69, 9.17) is 0 Å². The maximum absolute atomic E-state index is 12.2. The molecule has 2 atom stereocenters. The molecule has 1 aromatic carbocycles.